The van der Waals surface area contributed by atoms with Crippen molar-refractivity contribution in [1.29, 1.82) is 0 Å². The largest absolute Gasteiger partial charge is 0.463 e. The van der Waals surface area contributed by atoms with Gasteiger partial charge in [0.05, 0.1) is 26.4 Å². The van der Waals surface area contributed by atoms with Gasteiger partial charge in [0, 0.05) is 27.7 Å². The van der Waals surface area contributed by atoms with Gasteiger partial charge in [-0.05, 0) is 16.7 Å². The molecule has 15 heteroatoms. The Hall–Kier alpha value is -4.74. The van der Waals surface area contributed by atoms with E-state index in [1.807, 2.05) is 91.0 Å². The van der Waals surface area contributed by atoms with Gasteiger partial charge in [0.15, 0.2) is 30.9 Å². The molecule has 2 saturated heterocycles. The second kappa shape index (κ2) is 21.0. The van der Waals surface area contributed by atoms with Crippen molar-refractivity contribution in [1.82, 2.24) is 0 Å². The van der Waals surface area contributed by atoms with Crippen LogP contribution < -0.4 is 0 Å². The van der Waals surface area contributed by atoms with Crippen LogP contribution in [0, 0.1) is 0 Å². The minimum absolute atomic E-state index is 0.122. The van der Waals surface area contributed by atoms with Gasteiger partial charge >= 0.3 is 23.9 Å². The summed E-state index contributed by atoms with van der Waals surface area (Å²) in [5.74, 6) is -3.00. The molecule has 302 valence electrons. The number of hydrogen-bond donors (Lipinski definition) is 1. The maximum absolute atomic E-state index is 12.4. The molecular weight excluding hydrogens is 732 g/mol. The highest BCUT2D eigenvalue weighted by atomic mass is 16.7. The summed E-state index contributed by atoms with van der Waals surface area (Å²) < 4.78 is 59.7. The summed E-state index contributed by atoms with van der Waals surface area (Å²) in [7, 11) is 0. The third kappa shape index (κ3) is 12.4. The first-order valence-electron chi connectivity index (χ1n) is 18.2. The van der Waals surface area contributed by atoms with Gasteiger partial charge < -0.3 is 52.5 Å². The summed E-state index contributed by atoms with van der Waals surface area (Å²) in [5.41, 5.74) is 2.57. The van der Waals surface area contributed by atoms with Crippen LogP contribution in [0.5, 0.6) is 0 Å². The Kier molecular flexibility index (Phi) is 15.9. The lowest BCUT2D eigenvalue weighted by atomic mass is 9.97. The number of aliphatic hydroxyl groups is 1. The molecule has 15 nitrogen and oxygen atoms in total. The predicted molar refractivity (Wildman–Crippen MR) is 194 cm³/mol. The van der Waals surface area contributed by atoms with E-state index in [0.29, 0.717) is 0 Å². The van der Waals surface area contributed by atoms with Crippen LogP contribution in [0.25, 0.3) is 0 Å². The lowest BCUT2D eigenvalue weighted by Gasteiger charge is -2.46. The van der Waals surface area contributed by atoms with E-state index in [-0.39, 0.29) is 26.4 Å². The van der Waals surface area contributed by atoms with Gasteiger partial charge in [-0.25, -0.2) is 0 Å². The third-order valence-electron chi connectivity index (χ3n) is 8.84. The third-order valence-corrected chi connectivity index (χ3v) is 8.84. The fourth-order valence-electron chi connectivity index (χ4n) is 6.41. The van der Waals surface area contributed by atoms with Crippen molar-refractivity contribution >= 4 is 23.9 Å². The van der Waals surface area contributed by atoms with E-state index in [4.69, 9.17) is 47.4 Å². The Morgan fingerprint density at radius 3 is 1.39 bits per heavy atom. The molecule has 0 saturated carbocycles. The number of carbonyl (C=O) groups excluding carboxylic acids is 4. The topological polar surface area (TPSA) is 181 Å². The van der Waals surface area contributed by atoms with E-state index in [2.05, 4.69) is 0 Å². The number of esters is 4. The molecule has 3 aromatic rings. The number of hydrogen-bond acceptors (Lipinski definition) is 15. The minimum atomic E-state index is -1.53. The van der Waals surface area contributed by atoms with E-state index in [9.17, 15) is 24.3 Å². The highest BCUT2D eigenvalue weighted by molar-refractivity contribution is 5.68. The van der Waals surface area contributed by atoms with Gasteiger partial charge in [0.25, 0.3) is 0 Å². The average molecular weight is 781 g/mol. The van der Waals surface area contributed by atoms with E-state index in [1.165, 1.54) is 6.92 Å². The zero-order valence-corrected chi connectivity index (χ0v) is 31.6. The van der Waals surface area contributed by atoms with Crippen LogP contribution in [0.1, 0.15) is 44.4 Å². The zero-order valence-electron chi connectivity index (χ0n) is 31.6. The lowest BCUT2D eigenvalue weighted by Crippen LogP contribution is -2.64. The van der Waals surface area contributed by atoms with Crippen molar-refractivity contribution in [2.75, 3.05) is 13.2 Å². The van der Waals surface area contributed by atoms with Crippen molar-refractivity contribution < 1.29 is 71.7 Å². The summed E-state index contributed by atoms with van der Waals surface area (Å²) in [6.07, 6.45) is -12.5. The number of aliphatic hydroxyl groups excluding tert-OH is 1. The molecule has 0 aliphatic carbocycles. The monoisotopic (exact) mass is 780 g/mol. The van der Waals surface area contributed by atoms with Gasteiger partial charge in [0.1, 0.15) is 37.1 Å². The van der Waals surface area contributed by atoms with E-state index in [1.54, 1.807) is 0 Å². The number of ether oxygens (including phenoxy) is 10. The standard InChI is InChI=1S/C41H48O15/c1-25(42)47-23-33-35(52-26(2)43)37(53-27(3)44)39(54-28(4)45)41(56-33)51-24-32-34(48-20-29-14-8-5-9-15-29)36(49-21-30-16-10-6-11-17-30)38(40(46)55-32)50-22-31-18-12-7-13-19-31/h5-19,32-41,46H,20-24H2,1-4H3/t32-,33-,34-,35-,36+,37+,38+,39+,40+,41+/m1/s1. The molecule has 2 aliphatic rings. The highest BCUT2D eigenvalue weighted by Gasteiger charge is 2.54. The molecule has 10 atom stereocenters. The first kappa shape index (κ1) is 42.4. The van der Waals surface area contributed by atoms with Crippen LogP contribution in [-0.2, 0) is 86.4 Å². The Morgan fingerprint density at radius 2 is 0.911 bits per heavy atom. The average Bonchev–Trinajstić information content (AvgIpc) is 3.17. The second-order valence-corrected chi connectivity index (χ2v) is 13.2. The first-order chi connectivity index (χ1) is 27.0. The second-order valence-electron chi connectivity index (χ2n) is 13.2. The quantitative estimate of drug-likeness (QED) is 0.155. The molecule has 56 heavy (non-hydrogen) atoms. The Morgan fingerprint density at radius 1 is 0.482 bits per heavy atom. The Labute approximate surface area is 325 Å². The number of rotatable bonds is 17. The maximum Gasteiger partial charge on any atom is 0.303 e. The summed E-state index contributed by atoms with van der Waals surface area (Å²) in [6.45, 7) is 4.16. The van der Waals surface area contributed by atoms with Crippen LogP contribution in [0.15, 0.2) is 91.0 Å². The molecule has 2 heterocycles. The summed E-state index contributed by atoms with van der Waals surface area (Å²) in [4.78, 5) is 48.7. The molecule has 5 rings (SSSR count). The van der Waals surface area contributed by atoms with Crippen molar-refractivity contribution in [2.24, 2.45) is 0 Å². The molecule has 3 aromatic carbocycles. The predicted octanol–water partition coefficient (Wildman–Crippen LogP) is 3.56. The molecular formula is C41H48O15. The number of carbonyl (C=O) groups is 4. The van der Waals surface area contributed by atoms with Gasteiger partial charge in [-0.2, -0.15) is 0 Å². The van der Waals surface area contributed by atoms with Gasteiger partial charge in [-0.1, -0.05) is 91.0 Å². The Balaban J connectivity index is 1.46. The summed E-state index contributed by atoms with van der Waals surface area (Å²) >= 11 is 0. The van der Waals surface area contributed by atoms with Gasteiger partial charge in [-0.3, -0.25) is 19.2 Å². The molecule has 0 aromatic heterocycles. The van der Waals surface area contributed by atoms with Gasteiger partial charge in [-0.15, -0.1) is 0 Å². The maximum atomic E-state index is 12.4. The van der Waals surface area contributed by atoms with Crippen molar-refractivity contribution in [3.63, 3.8) is 0 Å². The lowest BCUT2D eigenvalue weighted by molar-refractivity contribution is -0.339. The summed E-state index contributed by atoms with van der Waals surface area (Å²) in [6, 6.07) is 28.3. The SMILES string of the molecule is CC(=O)OC[C@H]1O[C@H](OC[C@H]2O[C@H](O)[C@@H](OCc3ccccc3)[C@@H](OCc3ccccc3)[C@@H]2OCc2ccccc2)[C@@H](OC(C)=O)[C@@H](OC(C)=O)[C@@H]1OC(C)=O. The minimum Gasteiger partial charge on any atom is -0.463 e. The van der Waals surface area contributed by atoms with E-state index >= 15 is 0 Å². The van der Waals surface area contributed by atoms with Crippen LogP contribution in [0.4, 0.5) is 0 Å². The molecule has 1 N–H and O–H groups in total. The Bertz CT molecular complexity index is 1690. The molecule has 2 aliphatic heterocycles. The van der Waals surface area contributed by atoms with E-state index < -0.39 is 91.9 Å². The fraction of sp³-hybridized carbons (Fsp3) is 0.463. The van der Waals surface area contributed by atoms with E-state index in [0.717, 1.165) is 37.5 Å². The molecule has 2 fully saturated rings. The molecule has 0 spiro atoms. The van der Waals surface area contributed by atoms with Crippen LogP contribution in [0.2, 0.25) is 0 Å². The summed E-state index contributed by atoms with van der Waals surface area (Å²) in [5, 5.41) is 11.5. The van der Waals surface area contributed by atoms with Crippen molar-refractivity contribution in [3.05, 3.63) is 108 Å². The van der Waals surface area contributed by atoms with Crippen LogP contribution in [0.3, 0.4) is 0 Å². The van der Waals surface area contributed by atoms with Crippen LogP contribution >= 0.6 is 0 Å². The molecule has 0 radical (unpaired) electrons. The smallest absolute Gasteiger partial charge is 0.303 e. The molecule has 0 amide bonds. The van der Waals surface area contributed by atoms with Crippen molar-refractivity contribution in [2.45, 2.75) is 109 Å². The molecule has 0 unspecified atom stereocenters. The molecule has 0 bridgehead atoms. The van der Waals surface area contributed by atoms with Crippen LogP contribution in [-0.4, -0.2) is 104 Å². The zero-order chi connectivity index (χ0) is 40.0. The highest BCUT2D eigenvalue weighted by Crippen LogP contribution is 2.33. The fourth-order valence-corrected chi connectivity index (χ4v) is 6.41. The number of benzene rings is 3. The first-order valence-corrected chi connectivity index (χ1v) is 18.2. The van der Waals surface area contributed by atoms with Crippen molar-refractivity contribution in [3.8, 4) is 0 Å². The normalized spacial score (nSPS) is 27.4. The van der Waals surface area contributed by atoms with Gasteiger partial charge in [0.2, 0.25) is 0 Å².